The number of hydrogen-bond acceptors (Lipinski definition) is 5. The van der Waals surface area contributed by atoms with Crippen LogP contribution in [0.1, 0.15) is 29.3 Å². The molecule has 144 valence electrons. The van der Waals surface area contributed by atoms with Crippen LogP contribution < -0.4 is 16.1 Å². The van der Waals surface area contributed by atoms with Crippen LogP contribution in [0.3, 0.4) is 0 Å². The second kappa shape index (κ2) is 8.34. The average Bonchev–Trinajstić information content (AvgIpc) is 2.68. The number of hydrazone groups is 1. The lowest BCUT2D eigenvalue weighted by molar-refractivity contribution is -0.121. The third-order valence-corrected chi connectivity index (χ3v) is 4.28. The number of ether oxygens (including phenoxy) is 1. The van der Waals surface area contributed by atoms with Crippen LogP contribution in [0.5, 0.6) is 0 Å². The van der Waals surface area contributed by atoms with Crippen LogP contribution in [0.2, 0.25) is 0 Å². The predicted molar refractivity (Wildman–Crippen MR) is 105 cm³/mol. The minimum Gasteiger partial charge on any atom is -0.465 e. The van der Waals surface area contributed by atoms with Crippen LogP contribution >= 0.6 is 0 Å². The summed E-state index contributed by atoms with van der Waals surface area (Å²) in [6, 6.07) is 13.2. The van der Waals surface area contributed by atoms with Gasteiger partial charge in [0.2, 0.25) is 5.91 Å². The Kier molecular flexibility index (Phi) is 5.69. The summed E-state index contributed by atoms with van der Waals surface area (Å²) >= 11 is 0. The van der Waals surface area contributed by atoms with Crippen molar-refractivity contribution in [3.8, 4) is 0 Å². The highest BCUT2D eigenvalue weighted by molar-refractivity contribution is 6.07. The Bertz CT molecular complexity index is 937. The van der Waals surface area contributed by atoms with Gasteiger partial charge in [-0.2, -0.15) is 5.10 Å². The van der Waals surface area contributed by atoms with Crippen LogP contribution in [-0.4, -0.2) is 30.7 Å². The van der Waals surface area contributed by atoms with Crippen molar-refractivity contribution >= 4 is 35.0 Å². The van der Waals surface area contributed by atoms with Crippen molar-refractivity contribution in [3.63, 3.8) is 0 Å². The molecule has 1 aliphatic heterocycles. The highest BCUT2D eigenvalue weighted by Gasteiger charge is 2.21. The van der Waals surface area contributed by atoms with E-state index in [-0.39, 0.29) is 17.4 Å². The summed E-state index contributed by atoms with van der Waals surface area (Å²) in [5.74, 6) is -0.612. The summed E-state index contributed by atoms with van der Waals surface area (Å²) in [5.41, 5.74) is 5.34. The molecule has 1 unspecified atom stereocenters. The van der Waals surface area contributed by atoms with E-state index in [0.29, 0.717) is 17.8 Å². The monoisotopic (exact) mass is 380 g/mol. The zero-order valence-corrected chi connectivity index (χ0v) is 15.5. The van der Waals surface area contributed by atoms with E-state index in [0.717, 1.165) is 11.3 Å². The number of para-hydroxylation sites is 1. The Morgan fingerprint density at radius 3 is 2.50 bits per heavy atom. The molecule has 1 atom stereocenters. The van der Waals surface area contributed by atoms with E-state index < -0.39 is 12.0 Å². The molecule has 0 saturated heterocycles. The highest BCUT2D eigenvalue weighted by atomic mass is 16.5. The van der Waals surface area contributed by atoms with Crippen molar-refractivity contribution in [1.82, 2.24) is 5.43 Å². The van der Waals surface area contributed by atoms with Crippen LogP contribution in [0.4, 0.5) is 16.2 Å². The number of esters is 1. The van der Waals surface area contributed by atoms with Gasteiger partial charge in [0, 0.05) is 18.0 Å². The number of nitrogens with zero attached hydrogens (tertiary/aromatic N) is 1. The van der Waals surface area contributed by atoms with Crippen LogP contribution in [0.15, 0.2) is 53.6 Å². The van der Waals surface area contributed by atoms with Gasteiger partial charge in [0.15, 0.2) is 0 Å². The van der Waals surface area contributed by atoms with Gasteiger partial charge in [-0.25, -0.2) is 15.0 Å². The first-order valence-electron chi connectivity index (χ1n) is 8.70. The molecule has 1 aliphatic rings. The van der Waals surface area contributed by atoms with E-state index in [2.05, 4.69) is 21.2 Å². The number of rotatable bonds is 4. The zero-order valence-electron chi connectivity index (χ0n) is 15.5. The second-order valence-electron chi connectivity index (χ2n) is 6.33. The fraction of sp³-hybridized carbons (Fsp3) is 0.200. The molecule has 3 rings (SSSR count). The standard InChI is InChI=1S/C20H20N4O4/c1-12-11-17(25)23-24-18(12)13-7-9-14(10-8-13)21-20(27)22-16-6-4-3-5-15(16)19(26)28-2/h3-10,12H,11H2,1-2H3,(H,23,25)(H2,21,22,27). The number of hydrogen-bond donors (Lipinski definition) is 3. The fourth-order valence-electron chi connectivity index (χ4n) is 2.89. The molecule has 0 aromatic heterocycles. The molecule has 8 nitrogen and oxygen atoms in total. The molecular formula is C20H20N4O4. The molecule has 0 bridgehead atoms. The lowest BCUT2D eigenvalue weighted by atomic mass is 9.94. The van der Waals surface area contributed by atoms with Gasteiger partial charge < -0.3 is 15.4 Å². The number of carbonyl (C=O) groups excluding carboxylic acids is 3. The largest absolute Gasteiger partial charge is 0.465 e. The molecule has 0 aliphatic carbocycles. The predicted octanol–water partition coefficient (Wildman–Crippen LogP) is 2.98. The average molecular weight is 380 g/mol. The smallest absolute Gasteiger partial charge is 0.339 e. The van der Waals surface area contributed by atoms with Crippen LogP contribution in [0.25, 0.3) is 0 Å². The summed E-state index contributed by atoms with van der Waals surface area (Å²) in [5, 5.41) is 9.47. The Morgan fingerprint density at radius 2 is 1.82 bits per heavy atom. The summed E-state index contributed by atoms with van der Waals surface area (Å²) in [4.78, 5) is 35.4. The molecule has 28 heavy (non-hydrogen) atoms. The number of amides is 3. The number of benzene rings is 2. The molecule has 3 N–H and O–H groups in total. The lowest BCUT2D eigenvalue weighted by Crippen LogP contribution is -2.31. The van der Waals surface area contributed by atoms with Crippen molar-refractivity contribution in [3.05, 3.63) is 59.7 Å². The minimum atomic E-state index is -0.533. The number of carbonyl (C=O) groups is 3. The van der Waals surface area contributed by atoms with Crippen LogP contribution in [0, 0.1) is 5.92 Å². The first-order valence-corrected chi connectivity index (χ1v) is 8.70. The van der Waals surface area contributed by atoms with Gasteiger partial charge in [0.25, 0.3) is 0 Å². The number of urea groups is 1. The van der Waals surface area contributed by atoms with Crippen molar-refractivity contribution in [2.24, 2.45) is 11.0 Å². The van der Waals surface area contributed by atoms with E-state index in [4.69, 9.17) is 4.74 Å². The Morgan fingerprint density at radius 1 is 1.11 bits per heavy atom. The highest BCUT2D eigenvalue weighted by Crippen LogP contribution is 2.19. The van der Waals surface area contributed by atoms with Gasteiger partial charge in [0.1, 0.15) is 0 Å². The van der Waals surface area contributed by atoms with Gasteiger partial charge in [-0.3, -0.25) is 4.79 Å². The zero-order chi connectivity index (χ0) is 20.1. The normalized spacial score (nSPS) is 15.9. The van der Waals surface area contributed by atoms with Crippen molar-refractivity contribution < 1.29 is 19.1 Å². The van der Waals surface area contributed by atoms with E-state index in [1.165, 1.54) is 7.11 Å². The number of nitrogens with one attached hydrogen (secondary N) is 3. The molecular weight excluding hydrogens is 360 g/mol. The SMILES string of the molecule is COC(=O)c1ccccc1NC(=O)Nc1ccc(C2=NNC(=O)CC2C)cc1. The summed E-state index contributed by atoms with van der Waals surface area (Å²) < 4.78 is 4.71. The maximum Gasteiger partial charge on any atom is 0.339 e. The topological polar surface area (TPSA) is 109 Å². The summed E-state index contributed by atoms with van der Waals surface area (Å²) in [6.07, 6.45) is 0.390. The van der Waals surface area contributed by atoms with E-state index in [1.54, 1.807) is 36.4 Å². The summed E-state index contributed by atoms with van der Waals surface area (Å²) in [6.45, 7) is 1.94. The van der Waals surface area contributed by atoms with Crippen LogP contribution in [-0.2, 0) is 9.53 Å². The number of methoxy groups -OCH3 is 1. The van der Waals surface area contributed by atoms with Crippen molar-refractivity contribution in [2.75, 3.05) is 17.7 Å². The Labute approximate surface area is 162 Å². The first-order chi connectivity index (χ1) is 13.5. The minimum absolute atomic E-state index is 0.0191. The Hall–Kier alpha value is -3.68. The molecule has 0 radical (unpaired) electrons. The molecule has 0 spiro atoms. The molecule has 2 aromatic rings. The molecule has 8 heteroatoms. The van der Waals surface area contributed by atoms with Crippen molar-refractivity contribution in [1.29, 1.82) is 0 Å². The van der Waals surface area contributed by atoms with Gasteiger partial charge in [-0.1, -0.05) is 31.2 Å². The maximum absolute atomic E-state index is 12.3. The molecule has 2 aromatic carbocycles. The van der Waals surface area contributed by atoms with Crippen molar-refractivity contribution in [2.45, 2.75) is 13.3 Å². The fourth-order valence-corrected chi connectivity index (χ4v) is 2.89. The Balaban J connectivity index is 1.67. The summed E-state index contributed by atoms with van der Waals surface area (Å²) in [7, 11) is 1.28. The third-order valence-electron chi connectivity index (χ3n) is 4.28. The van der Waals surface area contributed by atoms with Gasteiger partial charge in [-0.05, 0) is 29.8 Å². The first kappa shape index (κ1) is 19.1. The van der Waals surface area contributed by atoms with Gasteiger partial charge >= 0.3 is 12.0 Å². The van der Waals surface area contributed by atoms with Gasteiger partial charge in [-0.15, -0.1) is 0 Å². The third kappa shape index (κ3) is 4.35. The molecule has 1 heterocycles. The van der Waals surface area contributed by atoms with Gasteiger partial charge in [0.05, 0.1) is 24.1 Å². The lowest BCUT2D eigenvalue weighted by Gasteiger charge is -2.19. The second-order valence-corrected chi connectivity index (χ2v) is 6.33. The van der Waals surface area contributed by atoms with E-state index in [9.17, 15) is 14.4 Å². The molecule has 0 fully saturated rings. The quantitative estimate of drug-likeness (QED) is 0.709. The molecule has 0 saturated carbocycles. The van der Waals surface area contributed by atoms with E-state index >= 15 is 0 Å². The van der Waals surface area contributed by atoms with E-state index in [1.807, 2.05) is 19.1 Å². The molecule has 3 amide bonds. The number of anilines is 2. The maximum atomic E-state index is 12.3.